The summed E-state index contributed by atoms with van der Waals surface area (Å²) in [5.41, 5.74) is 7.40. The molecule has 1 aliphatic rings. The molecule has 1 aromatic heterocycles. The van der Waals surface area contributed by atoms with Gasteiger partial charge >= 0.3 is 0 Å². The highest BCUT2D eigenvalue weighted by molar-refractivity contribution is 5.56. The molecule has 0 spiro atoms. The fourth-order valence-electron chi connectivity index (χ4n) is 2.82. The van der Waals surface area contributed by atoms with E-state index in [1.54, 1.807) is 6.33 Å². The third-order valence-electron chi connectivity index (χ3n) is 3.99. The lowest BCUT2D eigenvalue weighted by Gasteiger charge is -2.25. The summed E-state index contributed by atoms with van der Waals surface area (Å²) in [4.78, 5) is 8.44. The summed E-state index contributed by atoms with van der Waals surface area (Å²) in [5, 5.41) is 3.49. The molecule has 4 heteroatoms. The number of rotatable bonds is 4. The molecule has 0 amide bonds. The molecular weight excluding hydrogens is 224 g/mol. The molecule has 0 aromatic carbocycles. The van der Waals surface area contributed by atoms with Crippen LogP contribution in [0.2, 0.25) is 0 Å². The third-order valence-corrected chi connectivity index (χ3v) is 3.99. The van der Waals surface area contributed by atoms with Crippen molar-refractivity contribution in [3.05, 3.63) is 11.9 Å². The zero-order valence-corrected chi connectivity index (χ0v) is 11.7. The number of nitrogens with two attached hydrogens (primary N) is 1. The fourth-order valence-corrected chi connectivity index (χ4v) is 2.82. The molecule has 0 atom stereocenters. The van der Waals surface area contributed by atoms with E-state index in [4.69, 9.17) is 5.73 Å². The van der Waals surface area contributed by atoms with Crippen LogP contribution in [0, 0.1) is 5.41 Å². The summed E-state index contributed by atoms with van der Waals surface area (Å²) < 4.78 is 0. The molecule has 0 saturated heterocycles. The van der Waals surface area contributed by atoms with E-state index in [0.29, 0.717) is 17.2 Å². The van der Waals surface area contributed by atoms with Crippen molar-refractivity contribution in [1.29, 1.82) is 0 Å². The first-order valence-corrected chi connectivity index (χ1v) is 6.86. The zero-order chi connectivity index (χ0) is 13.2. The number of nitrogens with one attached hydrogen (secondary N) is 1. The number of hydrogen-bond acceptors (Lipinski definition) is 4. The normalized spacial score (nSPS) is 18.2. The van der Waals surface area contributed by atoms with Crippen molar-refractivity contribution >= 4 is 11.6 Å². The highest BCUT2D eigenvalue weighted by Gasteiger charge is 2.28. The van der Waals surface area contributed by atoms with E-state index >= 15 is 0 Å². The average Bonchev–Trinajstić information content (AvgIpc) is 2.73. The summed E-state index contributed by atoms with van der Waals surface area (Å²) in [6.45, 7) is 7.57. The van der Waals surface area contributed by atoms with Crippen molar-refractivity contribution in [2.75, 3.05) is 17.6 Å². The van der Waals surface area contributed by atoms with Gasteiger partial charge in [0.1, 0.15) is 18.0 Å². The largest absolute Gasteiger partial charge is 0.383 e. The summed E-state index contributed by atoms with van der Waals surface area (Å²) in [7, 11) is 0. The minimum Gasteiger partial charge on any atom is -0.383 e. The maximum absolute atomic E-state index is 5.95. The lowest BCUT2D eigenvalue weighted by molar-refractivity contribution is 0.361. The van der Waals surface area contributed by atoms with Crippen LogP contribution in [0.4, 0.5) is 11.6 Å². The molecule has 0 aliphatic heterocycles. The first-order chi connectivity index (χ1) is 8.52. The lowest BCUT2D eigenvalue weighted by atomic mass is 9.89. The average molecular weight is 248 g/mol. The van der Waals surface area contributed by atoms with Gasteiger partial charge in [-0.25, -0.2) is 9.97 Å². The van der Waals surface area contributed by atoms with Crippen LogP contribution in [-0.2, 0) is 0 Å². The Balaban J connectivity index is 2.11. The Labute approximate surface area is 109 Å². The van der Waals surface area contributed by atoms with Crippen LogP contribution >= 0.6 is 0 Å². The van der Waals surface area contributed by atoms with Gasteiger partial charge in [-0.3, -0.25) is 0 Å². The van der Waals surface area contributed by atoms with Crippen molar-refractivity contribution in [3.8, 4) is 0 Å². The first kappa shape index (κ1) is 13.1. The monoisotopic (exact) mass is 248 g/mol. The molecule has 1 saturated carbocycles. The van der Waals surface area contributed by atoms with E-state index in [1.807, 2.05) is 0 Å². The number of aromatic nitrogens is 2. The van der Waals surface area contributed by atoms with Gasteiger partial charge in [0, 0.05) is 12.1 Å². The minimum atomic E-state index is 0.338. The first-order valence-electron chi connectivity index (χ1n) is 6.86. The van der Waals surface area contributed by atoms with Crippen molar-refractivity contribution in [1.82, 2.24) is 9.97 Å². The van der Waals surface area contributed by atoms with Crippen molar-refractivity contribution in [2.24, 2.45) is 5.41 Å². The van der Waals surface area contributed by atoms with Gasteiger partial charge in [0.15, 0.2) is 0 Å². The summed E-state index contributed by atoms with van der Waals surface area (Å²) in [5.74, 6) is 1.84. The summed E-state index contributed by atoms with van der Waals surface area (Å²) in [6.07, 6.45) is 6.85. The Hall–Kier alpha value is -1.32. The maximum atomic E-state index is 5.95. The molecule has 0 unspecified atom stereocenters. The number of nitrogens with zero attached hydrogens (tertiary/aromatic N) is 2. The van der Waals surface area contributed by atoms with Gasteiger partial charge in [0.05, 0.1) is 0 Å². The van der Waals surface area contributed by atoms with Gasteiger partial charge in [-0.15, -0.1) is 0 Å². The Kier molecular flexibility index (Phi) is 3.73. The van der Waals surface area contributed by atoms with E-state index in [-0.39, 0.29) is 0 Å². The smallest absolute Gasteiger partial charge is 0.134 e. The quantitative estimate of drug-likeness (QED) is 0.859. The van der Waals surface area contributed by atoms with Crippen molar-refractivity contribution < 1.29 is 0 Å². The molecule has 4 nitrogen and oxygen atoms in total. The number of hydrogen-bond donors (Lipinski definition) is 2. The van der Waals surface area contributed by atoms with Gasteiger partial charge in [0.25, 0.3) is 0 Å². The van der Waals surface area contributed by atoms with Crippen LogP contribution in [0.15, 0.2) is 6.33 Å². The number of anilines is 2. The van der Waals surface area contributed by atoms with Gasteiger partial charge in [-0.2, -0.15) is 0 Å². The molecule has 1 aliphatic carbocycles. The SMILES string of the molecule is CC(C)c1c(N)ncnc1NCC1(C)CCCC1. The van der Waals surface area contributed by atoms with Crippen LogP contribution in [0.25, 0.3) is 0 Å². The molecule has 18 heavy (non-hydrogen) atoms. The van der Waals surface area contributed by atoms with E-state index in [0.717, 1.165) is 17.9 Å². The Morgan fingerprint density at radius 2 is 2.00 bits per heavy atom. The molecule has 100 valence electrons. The van der Waals surface area contributed by atoms with E-state index in [1.165, 1.54) is 25.7 Å². The predicted octanol–water partition coefficient (Wildman–Crippen LogP) is 3.17. The summed E-state index contributed by atoms with van der Waals surface area (Å²) in [6, 6.07) is 0. The van der Waals surface area contributed by atoms with Crippen molar-refractivity contribution in [2.45, 2.75) is 52.4 Å². The second kappa shape index (κ2) is 5.12. The Bertz CT molecular complexity index is 408. The molecule has 2 rings (SSSR count). The van der Waals surface area contributed by atoms with E-state index in [2.05, 4.69) is 36.1 Å². The highest BCUT2D eigenvalue weighted by Crippen LogP contribution is 2.38. The second-order valence-electron chi connectivity index (χ2n) is 6.05. The summed E-state index contributed by atoms with van der Waals surface area (Å²) >= 11 is 0. The van der Waals surface area contributed by atoms with Crippen LogP contribution in [0.1, 0.15) is 57.9 Å². The van der Waals surface area contributed by atoms with Gasteiger partial charge in [0.2, 0.25) is 0 Å². The van der Waals surface area contributed by atoms with Gasteiger partial charge < -0.3 is 11.1 Å². The minimum absolute atomic E-state index is 0.338. The maximum Gasteiger partial charge on any atom is 0.134 e. The van der Waals surface area contributed by atoms with Crippen LogP contribution in [0.3, 0.4) is 0 Å². The zero-order valence-electron chi connectivity index (χ0n) is 11.7. The second-order valence-corrected chi connectivity index (χ2v) is 6.05. The van der Waals surface area contributed by atoms with E-state index < -0.39 is 0 Å². The third kappa shape index (κ3) is 2.74. The van der Waals surface area contributed by atoms with Crippen LogP contribution in [0.5, 0.6) is 0 Å². The molecule has 1 fully saturated rings. The van der Waals surface area contributed by atoms with Crippen LogP contribution in [-0.4, -0.2) is 16.5 Å². The van der Waals surface area contributed by atoms with Crippen LogP contribution < -0.4 is 11.1 Å². The molecule has 1 heterocycles. The standard InChI is InChI=1S/C14H24N4/c1-10(2)11-12(15)17-9-18-13(11)16-8-14(3)6-4-5-7-14/h9-10H,4-8H2,1-3H3,(H3,15,16,17,18). The number of nitrogen functional groups attached to an aromatic ring is 1. The fraction of sp³-hybridized carbons (Fsp3) is 0.714. The van der Waals surface area contributed by atoms with E-state index in [9.17, 15) is 0 Å². The van der Waals surface area contributed by atoms with Crippen molar-refractivity contribution in [3.63, 3.8) is 0 Å². The van der Waals surface area contributed by atoms with Gasteiger partial charge in [-0.05, 0) is 24.2 Å². The molecular formula is C14H24N4. The highest BCUT2D eigenvalue weighted by atomic mass is 15.0. The van der Waals surface area contributed by atoms with Gasteiger partial charge in [-0.1, -0.05) is 33.6 Å². The Morgan fingerprint density at radius 3 is 2.61 bits per heavy atom. The predicted molar refractivity (Wildman–Crippen MR) is 75.6 cm³/mol. The molecule has 0 bridgehead atoms. The molecule has 3 N–H and O–H groups in total. The topological polar surface area (TPSA) is 63.8 Å². The lowest BCUT2D eigenvalue weighted by Crippen LogP contribution is -2.24. The molecule has 0 radical (unpaired) electrons. The Morgan fingerprint density at radius 1 is 1.33 bits per heavy atom. The molecule has 1 aromatic rings.